The first-order chi connectivity index (χ1) is 12.7. The van der Waals surface area contributed by atoms with Crippen molar-refractivity contribution in [2.75, 3.05) is 33.3 Å². The van der Waals surface area contributed by atoms with Crippen LogP contribution in [0.3, 0.4) is 0 Å². The lowest BCUT2D eigenvalue weighted by molar-refractivity contribution is 0.0244. The van der Waals surface area contributed by atoms with Gasteiger partial charge in [-0.2, -0.15) is 0 Å². The largest absolute Gasteiger partial charge is 0.477 e. The molecule has 1 atom stereocenters. The minimum atomic E-state index is -0.518. The molecule has 1 saturated heterocycles. The number of hydrogen-bond acceptors (Lipinski definition) is 5. The zero-order chi connectivity index (χ0) is 20.0. The first-order valence-electron chi connectivity index (χ1n) is 9.52. The van der Waals surface area contributed by atoms with Crippen LogP contribution in [0, 0.1) is 5.92 Å². The number of piperidine rings is 1. The number of pyridine rings is 1. The fourth-order valence-corrected chi connectivity index (χ4v) is 3.18. The van der Waals surface area contributed by atoms with Gasteiger partial charge in [-0.15, -0.1) is 0 Å². The maximum absolute atomic E-state index is 12.9. The molecule has 0 unspecified atom stereocenters. The summed E-state index contributed by atoms with van der Waals surface area (Å²) in [5.74, 6) is 0.515. The number of hydrogen-bond donors (Lipinski definition) is 0. The van der Waals surface area contributed by atoms with Crippen LogP contribution in [-0.4, -0.2) is 65.7 Å². The van der Waals surface area contributed by atoms with Crippen molar-refractivity contribution in [1.29, 1.82) is 0 Å². The number of nitrogens with zero attached hydrogens (tertiary/aromatic N) is 3. The van der Waals surface area contributed by atoms with Crippen molar-refractivity contribution >= 4 is 12.0 Å². The molecule has 0 radical (unpaired) electrons. The minimum Gasteiger partial charge on any atom is -0.477 e. The molecule has 0 N–H and O–H groups in total. The highest BCUT2D eigenvalue weighted by molar-refractivity contribution is 5.96. The van der Waals surface area contributed by atoms with Crippen LogP contribution < -0.4 is 4.74 Å². The second-order valence-corrected chi connectivity index (χ2v) is 7.91. The van der Waals surface area contributed by atoms with Crippen LogP contribution in [0.2, 0.25) is 0 Å². The molecule has 150 valence electrons. The third-order valence-corrected chi connectivity index (χ3v) is 4.33. The summed E-state index contributed by atoms with van der Waals surface area (Å²) in [6.07, 6.45) is 3.17. The second-order valence-electron chi connectivity index (χ2n) is 7.91. The summed E-state index contributed by atoms with van der Waals surface area (Å²) in [5.41, 5.74) is -0.0314. The van der Waals surface area contributed by atoms with Gasteiger partial charge in [-0.05, 0) is 58.6 Å². The van der Waals surface area contributed by atoms with E-state index >= 15 is 0 Å². The summed E-state index contributed by atoms with van der Waals surface area (Å²) >= 11 is 0. The molecular formula is C20H31N3O4. The van der Waals surface area contributed by atoms with Gasteiger partial charge in [0.25, 0.3) is 5.91 Å². The Hall–Kier alpha value is -2.31. The van der Waals surface area contributed by atoms with Gasteiger partial charge in [0.15, 0.2) is 0 Å². The maximum Gasteiger partial charge on any atom is 0.410 e. The Labute approximate surface area is 161 Å². The third-order valence-electron chi connectivity index (χ3n) is 4.33. The van der Waals surface area contributed by atoms with E-state index in [9.17, 15) is 9.59 Å². The van der Waals surface area contributed by atoms with Gasteiger partial charge in [-0.3, -0.25) is 4.79 Å². The highest BCUT2D eigenvalue weighted by Gasteiger charge is 2.29. The van der Waals surface area contributed by atoms with E-state index in [1.165, 1.54) is 0 Å². The molecule has 1 aromatic rings. The molecule has 7 nitrogen and oxygen atoms in total. The average molecular weight is 377 g/mol. The van der Waals surface area contributed by atoms with Crippen molar-refractivity contribution in [2.45, 2.75) is 46.1 Å². The summed E-state index contributed by atoms with van der Waals surface area (Å²) < 4.78 is 10.9. The van der Waals surface area contributed by atoms with E-state index in [2.05, 4.69) is 4.98 Å². The van der Waals surface area contributed by atoms with Crippen LogP contribution in [0.25, 0.3) is 0 Å². The van der Waals surface area contributed by atoms with E-state index < -0.39 is 5.60 Å². The SMILES string of the molecule is CCOc1ncccc1C(=O)N1CCC[C@H](CN(C)C(=O)OC(C)(C)C)C1. The Bertz CT molecular complexity index is 657. The monoisotopic (exact) mass is 377 g/mol. The van der Waals surface area contributed by atoms with Crippen molar-refractivity contribution in [3.8, 4) is 5.88 Å². The van der Waals surface area contributed by atoms with Gasteiger partial charge < -0.3 is 19.3 Å². The van der Waals surface area contributed by atoms with Crippen LogP contribution >= 0.6 is 0 Å². The van der Waals surface area contributed by atoms with Crippen LogP contribution in [-0.2, 0) is 4.74 Å². The van der Waals surface area contributed by atoms with Gasteiger partial charge in [0.05, 0.1) is 6.61 Å². The smallest absolute Gasteiger partial charge is 0.410 e. The topological polar surface area (TPSA) is 72.0 Å². The predicted molar refractivity (Wildman–Crippen MR) is 103 cm³/mol. The third kappa shape index (κ3) is 6.12. The Morgan fingerprint density at radius 3 is 2.78 bits per heavy atom. The fourth-order valence-electron chi connectivity index (χ4n) is 3.18. The number of aromatic nitrogens is 1. The van der Waals surface area contributed by atoms with Gasteiger partial charge in [-0.1, -0.05) is 0 Å². The fraction of sp³-hybridized carbons (Fsp3) is 0.650. The lowest BCUT2D eigenvalue weighted by atomic mass is 9.97. The molecule has 1 fully saturated rings. The molecule has 7 heteroatoms. The van der Waals surface area contributed by atoms with Crippen molar-refractivity contribution in [3.63, 3.8) is 0 Å². The Kier molecular flexibility index (Phi) is 7.05. The quantitative estimate of drug-likeness (QED) is 0.788. The summed E-state index contributed by atoms with van der Waals surface area (Å²) in [7, 11) is 1.74. The first-order valence-corrected chi connectivity index (χ1v) is 9.52. The van der Waals surface area contributed by atoms with E-state index in [4.69, 9.17) is 9.47 Å². The van der Waals surface area contributed by atoms with Crippen LogP contribution in [0.5, 0.6) is 5.88 Å². The van der Waals surface area contributed by atoms with E-state index in [1.807, 2.05) is 32.6 Å². The van der Waals surface area contributed by atoms with Gasteiger partial charge in [-0.25, -0.2) is 9.78 Å². The van der Waals surface area contributed by atoms with Crippen molar-refractivity contribution in [3.05, 3.63) is 23.9 Å². The van der Waals surface area contributed by atoms with Gasteiger partial charge in [0, 0.05) is 32.9 Å². The normalized spacial score (nSPS) is 17.4. The summed E-state index contributed by atoms with van der Waals surface area (Å²) in [4.78, 5) is 32.7. The van der Waals surface area contributed by atoms with Gasteiger partial charge in [0.2, 0.25) is 5.88 Å². The number of amides is 2. The van der Waals surface area contributed by atoms with Gasteiger partial charge in [0.1, 0.15) is 11.2 Å². The van der Waals surface area contributed by atoms with Crippen LogP contribution in [0.15, 0.2) is 18.3 Å². The predicted octanol–water partition coefficient (Wildman–Crippen LogP) is 3.20. The molecule has 2 rings (SSSR count). The van der Waals surface area contributed by atoms with Crippen LogP contribution in [0.1, 0.15) is 50.9 Å². The summed E-state index contributed by atoms with van der Waals surface area (Å²) in [5, 5.41) is 0. The molecule has 27 heavy (non-hydrogen) atoms. The van der Waals surface area contributed by atoms with E-state index in [0.29, 0.717) is 37.7 Å². The number of rotatable bonds is 5. The molecule has 0 bridgehead atoms. The van der Waals surface area contributed by atoms with Crippen LogP contribution in [0.4, 0.5) is 4.79 Å². The van der Waals surface area contributed by atoms with Crippen molar-refractivity contribution < 1.29 is 19.1 Å². The molecule has 0 aliphatic carbocycles. The molecule has 2 amide bonds. The second kappa shape index (κ2) is 9.06. The number of likely N-dealkylation sites (tertiary alicyclic amines) is 1. The zero-order valence-corrected chi connectivity index (χ0v) is 17.0. The minimum absolute atomic E-state index is 0.0730. The van der Waals surface area contributed by atoms with E-state index in [-0.39, 0.29) is 17.9 Å². The Balaban J connectivity index is 1.99. The van der Waals surface area contributed by atoms with E-state index in [1.54, 1.807) is 30.3 Å². The molecule has 1 aliphatic rings. The number of carbonyl (C=O) groups is 2. The molecular weight excluding hydrogens is 346 g/mol. The molecule has 2 heterocycles. The molecule has 0 aromatic carbocycles. The molecule has 0 spiro atoms. The Morgan fingerprint density at radius 1 is 1.37 bits per heavy atom. The zero-order valence-electron chi connectivity index (χ0n) is 17.0. The lowest BCUT2D eigenvalue weighted by Gasteiger charge is -2.35. The summed E-state index contributed by atoms with van der Waals surface area (Å²) in [6, 6.07) is 3.49. The molecule has 1 aliphatic heterocycles. The first kappa shape index (κ1) is 21.0. The standard InChI is InChI=1S/C20H31N3O4/c1-6-26-17-16(10-7-11-21-17)18(24)23-12-8-9-15(14-23)13-22(5)19(25)27-20(2,3)4/h7,10-11,15H,6,8-9,12-14H2,1-5H3/t15-/m1/s1. The van der Waals surface area contributed by atoms with E-state index in [0.717, 1.165) is 12.8 Å². The van der Waals surface area contributed by atoms with Crippen molar-refractivity contribution in [1.82, 2.24) is 14.8 Å². The highest BCUT2D eigenvalue weighted by atomic mass is 16.6. The maximum atomic E-state index is 12.9. The number of ether oxygens (including phenoxy) is 2. The molecule has 0 saturated carbocycles. The average Bonchev–Trinajstić information content (AvgIpc) is 2.60. The van der Waals surface area contributed by atoms with Gasteiger partial charge >= 0.3 is 6.09 Å². The Morgan fingerprint density at radius 2 is 2.11 bits per heavy atom. The number of carbonyl (C=O) groups excluding carboxylic acids is 2. The lowest BCUT2D eigenvalue weighted by Crippen LogP contribution is -2.45. The van der Waals surface area contributed by atoms with Crippen molar-refractivity contribution in [2.24, 2.45) is 5.92 Å². The molecule has 1 aromatic heterocycles. The summed E-state index contributed by atoms with van der Waals surface area (Å²) in [6.45, 7) is 9.74. The highest BCUT2D eigenvalue weighted by Crippen LogP contribution is 2.23.